The number of unbranched alkanes of at least 4 members (excludes halogenated alkanes) is 1. The van der Waals surface area contributed by atoms with Crippen molar-refractivity contribution in [2.24, 2.45) is 17.8 Å². The lowest BCUT2D eigenvalue weighted by Crippen LogP contribution is -2.11. The second kappa shape index (κ2) is 6.51. The van der Waals surface area contributed by atoms with Crippen LogP contribution in [0.3, 0.4) is 0 Å². The highest BCUT2D eigenvalue weighted by Gasteiger charge is 2.13. The van der Waals surface area contributed by atoms with E-state index >= 15 is 0 Å². The monoisotopic (exact) mass is 169 g/mol. The molecule has 0 aromatic rings. The second-order valence-electron chi connectivity index (χ2n) is 4.63. The predicted molar refractivity (Wildman–Crippen MR) is 57.0 cm³/mol. The molecule has 0 heterocycles. The Kier molecular flexibility index (Phi) is 6.51. The maximum Gasteiger partial charge on any atom is -0.0389 e. The molecule has 0 aliphatic heterocycles. The maximum atomic E-state index is 3.90. The Morgan fingerprint density at radius 2 is 1.67 bits per heavy atom. The first kappa shape index (κ1) is 12.0. The van der Waals surface area contributed by atoms with E-state index in [-0.39, 0.29) is 0 Å². The zero-order chi connectivity index (χ0) is 9.56. The average Bonchev–Trinajstić information content (AvgIpc) is 1.96. The maximum absolute atomic E-state index is 3.90. The molecule has 1 unspecified atom stereocenters. The van der Waals surface area contributed by atoms with Crippen LogP contribution >= 0.6 is 0 Å². The molecule has 0 saturated carbocycles. The zero-order valence-electron chi connectivity index (χ0n) is 9.27. The van der Waals surface area contributed by atoms with Gasteiger partial charge in [-0.25, -0.2) is 0 Å². The van der Waals surface area contributed by atoms with Gasteiger partial charge in [0.2, 0.25) is 0 Å². The molecule has 0 N–H and O–H groups in total. The summed E-state index contributed by atoms with van der Waals surface area (Å²) in [4.78, 5) is 0. The molecule has 0 saturated heterocycles. The molecule has 12 heavy (non-hydrogen) atoms. The Morgan fingerprint density at radius 3 is 2.00 bits per heavy atom. The summed E-state index contributed by atoms with van der Waals surface area (Å²) in [6.45, 7) is 13.2. The van der Waals surface area contributed by atoms with Crippen LogP contribution in [0.4, 0.5) is 0 Å². The molecule has 1 atom stereocenters. The van der Waals surface area contributed by atoms with Crippen molar-refractivity contribution in [1.82, 2.24) is 0 Å². The van der Waals surface area contributed by atoms with E-state index in [1.807, 2.05) is 0 Å². The Bertz CT molecular complexity index is 92.2. The summed E-state index contributed by atoms with van der Waals surface area (Å²) in [5.74, 6) is 2.62. The van der Waals surface area contributed by atoms with Gasteiger partial charge in [0.05, 0.1) is 0 Å². The Morgan fingerprint density at radius 1 is 1.08 bits per heavy atom. The summed E-state index contributed by atoms with van der Waals surface area (Å²) in [5, 5.41) is 0. The minimum Gasteiger partial charge on any atom is -0.0628 e. The van der Waals surface area contributed by atoms with E-state index in [0.29, 0.717) is 0 Å². The van der Waals surface area contributed by atoms with Crippen molar-refractivity contribution in [1.29, 1.82) is 0 Å². The number of hydrogen-bond donors (Lipinski definition) is 0. The molecule has 0 aliphatic rings. The van der Waals surface area contributed by atoms with Crippen LogP contribution in [0, 0.1) is 24.7 Å². The van der Waals surface area contributed by atoms with Gasteiger partial charge in [-0.05, 0) is 24.2 Å². The average molecular weight is 169 g/mol. The minimum atomic E-state index is 0.846. The Hall–Kier alpha value is 0. The third-order valence-corrected chi connectivity index (χ3v) is 2.54. The van der Waals surface area contributed by atoms with Crippen LogP contribution < -0.4 is 0 Å². The fraction of sp³-hybridized carbons (Fsp3) is 0.917. The molecule has 73 valence electrons. The van der Waals surface area contributed by atoms with Gasteiger partial charge in [-0.1, -0.05) is 53.9 Å². The molecule has 0 aromatic heterocycles. The Labute approximate surface area is 78.8 Å². The van der Waals surface area contributed by atoms with E-state index in [9.17, 15) is 0 Å². The summed E-state index contributed by atoms with van der Waals surface area (Å²) < 4.78 is 0. The second-order valence-corrected chi connectivity index (χ2v) is 4.63. The van der Waals surface area contributed by atoms with Crippen LogP contribution in [0.1, 0.15) is 53.4 Å². The van der Waals surface area contributed by atoms with Crippen molar-refractivity contribution in [2.45, 2.75) is 53.4 Å². The summed E-state index contributed by atoms with van der Waals surface area (Å²) in [6, 6.07) is 0. The third kappa shape index (κ3) is 5.62. The lowest BCUT2D eigenvalue weighted by molar-refractivity contribution is 0.293. The van der Waals surface area contributed by atoms with Gasteiger partial charge < -0.3 is 0 Å². The highest BCUT2D eigenvalue weighted by atomic mass is 14.2. The van der Waals surface area contributed by atoms with Crippen LogP contribution in [0.2, 0.25) is 0 Å². The molecule has 0 rings (SSSR count). The van der Waals surface area contributed by atoms with E-state index in [4.69, 9.17) is 0 Å². The molecular formula is C12H25. The van der Waals surface area contributed by atoms with Crippen molar-refractivity contribution in [2.75, 3.05) is 0 Å². The van der Waals surface area contributed by atoms with Crippen LogP contribution in [0.5, 0.6) is 0 Å². The van der Waals surface area contributed by atoms with Gasteiger partial charge in [-0.2, -0.15) is 0 Å². The molecule has 0 spiro atoms. The van der Waals surface area contributed by atoms with Crippen molar-refractivity contribution >= 4 is 0 Å². The molecule has 0 bridgehead atoms. The third-order valence-electron chi connectivity index (χ3n) is 2.54. The molecule has 0 amide bonds. The number of rotatable bonds is 6. The molecule has 0 fully saturated rings. The molecule has 0 aromatic carbocycles. The first-order valence-electron chi connectivity index (χ1n) is 5.37. The Balaban J connectivity index is 3.70. The van der Waals surface area contributed by atoms with Crippen molar-refractivity contribution in [3.8, 4) is 0 Å². The van der Waals surface area contributed by atoms with Crippen LogP contribution in [-0.4, -0.2) is 0 Å². The van der Waals surface area contributed by atoms with Gasteiger partial charge in [0.1, 0.15) is 0 Å². The summed E-state index contributed by atoms with van der Waals surface area (Å²) in [7, 11) is 0. The van der Waals surface area contributed by atoms with Crippen molar-refractivity contribution < 1.29 is 0 Å². The van der Waals surface area contributed by atoms with Crippen LogP contribution in [-0.2, 0) is 0 Å². The standard InChI is InChI=1S/C12H25/c1-6-7-8-12(11(4)5)9-10(2)3/h10-12H,1,6-9H2,2-5H3. The van der Waals surface area contributed by atoms with E-state index in [2.05, 4.69) is 34.6 Å². The molecule has 0 aliphatic carbocycles. The van der Waals surface area contributed by atoms with E-state index in [0.717, 1.165) is 24.2 Å². The molecular weight excluding hydrogens is 144 g/mol. The summed E-state index contributed by atoms with van der Waals surface area (Å²) in [5.41, 5.74) is 0. The van der Waals surface area contributed by atoms with Gasteiger partial charge in [0, 0.05) is 0 Å². The van der Waals surface area contributed by atoms with E-state index < -0.39 is 0 Å². The normalized spacial score (nSPS) is 14.2. The van der Waals surface area contributed by atoms with Gasteiger partial charge in [-0.15, -0.1) is 0 Å². The van der Waals surface area contributed by atoms with Crippen LogP contribution in [0.15, 0.2) is 0 Å². The summed E-state index contributed by atoms with van der Waals surface area (Å²) >= 11 is 0. The van der Waals surface area contributed by atoms with Gasteiger partial charge in [-0.3, -0.25) is 0 Å². The van der Waals surface area contributed by atoms with E-state index in [1.54, 1.807) is 0 Å². The highest BCUT2D eigenvalue weighted by molar-refractivity contribution is 4.65. The molecule has 0 nitrogen and oxygen atoms in total. The first-order valence-corrected chi connectivity index (χ1v) is 5.37. The molecule has 1 radical (unpaired) electrons. The van der Waals surface area contributed by atoms with Gasteiger partial charge in [0.25, 0.3) is 0 Å². The highest BCUT2D eigenvalue weighted by Crippen LogP contribution is 2.25. The first-order chi connectivity index (χ1) is 5.57. The van der Waals surface area contributed by atoms with Crippen LogP contribution in [0.25, 0.3) is 0 Å². The predicted octanol–water partition coefficient (Wildman–Crippen LogP) is 4.31. The van der Waals surface area contributed by atoms with Crippen molar-refractivity contribution in [3.05, 3.63) is 6.92 Å². The largest absolute Gasteiger partial charge is 0.0628 e. The quantitative estimate of drug-likeness (QED) is 0.556. The number of hydrogen-bond acceptors (Lipinski definition) is 0. The molecule has 0 heteroatoms. The summed E-state index contributed by atoms with van der Waals surface area (Å²) in [6.07, 6.45) is 5.16. The van der Waals surface area contributed by atoms with E-state index in [1.165, 1.54) is 19.3 Å². The fourth-order valence-corrected chi connectivity index (χ4v) is 1.74. The SMILES string of the molecule is [CH2]CCCC(CC(C)C)C(C)C. The van der Waals surface area contributed by atoms with Gasteiger partial charge in [0.15, 0.2) is 0 Å². The fourth-order valence-electron chi connectivity index (χ4n) is 1.74. The lowest BCUT2D eigenvalue weighted by atomic mass is 9.84. The minimum absolute atomic E-state index is 0.846. The van der Waals surface area contributed by atoms with Gasteiger partial charge >= 0.3 is 0 Å². The lowest BCUT2D eigenvalue weighted by Gasteiger charge is -2.22. The van der Waals surface area contributed by atoms with Crippen molar-refractivity contribution in [3.63, 3.8) is 0 Å². The topological polar surface area (TPSA) is 0 Å². The zero-order valence-corrected chi connectivity index (χ0v) is 9.27. The smallest absolute Gasteiger partial charge is 0.0389 e.